The van der Waals surface area contributed by atoms with Crippen LogP contribution in [0.1, 0.15) is 17.5 Å². The quantitative estimate of drug-likeness (QED) is 0.249. The first-order valence-corrected chi connectivity index (χ1v) is 12.3. The SMILES string of the molecule is O=C1NC(=S)N(c2ccc(Oc3ccccc3)cc2)C(=O)/C1=C/c1cc2cccc3c2n(c1=O)CCC3. The lowest BCUT2D eigenvalue weighted by atomic mass is 9.99. The molecule has 0 atom stereocenters. The van der Waals surface area contributed by atoms with Crippen LogP contribution in [-0.2, 0) is 22.6 Å². The molecule has 182 valence electrons. The molecule has 8 heteroatoms. The predicted molar refractivity (Wildman–Crippen MR) is 146 cm³/mol. The third kappa shape index (κ3) is 4.11. The lowest BCUT2D eigenvalue weighted by molar-refractivity contribution is -0.122. The van der Waals surface area contributed by atoms with E-state index in [2.05, 4.69) is 5.32 Å². The number of para-hydroxylation sites is 2. The Kier molecular flexibility index (Phi) is 5.65. The van der Waals surface area contributed by atoms with Crippen LogP contribution in [0.5, 0.6) is 11.5 Å². The van der Waals surface area contributed by atoms with Gasteiger partial charge >= 0.3 is 0 Å². The molecule has 37 heavy (non-hydrogen) atoms. The maximum atomic E-state index is 13.5. The van der Waals surface area contributed by atoms with Gasteiger partial charge < -0.3 is 9.30 Å². The van der Waals surface area contributed by atoms with E-state index in [1.165, 1.54) is 11.0 Å². The maximum absolute atomic E-state index is 13.5. The molecule has 2 aliphatic heterocycles. The topological polar surface area (TPSA) is 80.6 Å². The van der Waals surface area contributed by atoms with Crippen LogP contribution in [0.3, 0.4) is 0 Å². The Morgan fingerprint density at radius 3 is 2.43 bits per heavy atom. The highest BCUT2D eigenvalue weighted by Gasteiger charge is 2.35. The summed E-state index contributed by atoms with van der Waals surface area (Å²) in [6.45, 7) is 0.594. The zero-order valence-electron chi connectivity index (χ0n) is 19.6. The van der Waals surface area contributed by atoms with Gasteiger partial charge in [0.15, 0.2) is 5.11 Å². The summed E-state index contributed by atoms with van der Waals surface area (Å²) < 4.78 is 7.56. The minimum Gasteiger partial charge on any atom is -0.457 e. The number of hydrogen-bond donors (Lipinski definition) is 1. The number of thiocarbonyl (C=S) groups is 1. The lowest BCUT2D eigenvalue weighted by Crippen LogP contribution is -2.54. The van der Waals surface area contributed by atoms with Gasteiger partial charge in [-0.05, 0) is 84.5 Å². The molecule has 3 heterocycles. The van der Waals surface area contributed by atoms with E-state index >= 15 is 0 Å². The number of amides is 2. The molecule has 1 saturated heterocycles. The van der Waals surface area contributed by atoms with Crippen LogP contribution in [0.2, 0.25) is 0 Å². The number of hydrogen-bond acceptors (Lipinski definition) is 5. The van der Waals surface area contributed by atoms with Crippen molar-refractivity contribution < 1.29 is 14.3 Å². The van der Waals surface area contributed by atoms with E-state index < -0.39 is 11.8 Å². The molecule has 3 aromatic carbocycles. The molecule has 0 bridgehead atoms. The first-order valence-electron chi connectivity index (χ1n) is 11.9. The molecule has 0 saturated carbocycles. The number of carbonyl (C=O) groups is 2. The van der Waals surface area contributed by atoms with Crippen LogP contribution in [0, 0.1) is 0 Å². The molecule has 1 aromatic heterocycles. The number of aryl methyl sites for hydroxylation is 2. The first-order chi connectivity index (χ1) is 18.0. The normalized spacial score (nSPS) is 16.3. The van der Waals surface area contributed by atoms with E-state index in [-0.39, 0.29) is 21.8 Å². The molecule has 2 amide bonds. The lowest BCUT2D eigenvalue weighted by Gasteiger charge is -2.29. The van der Waals surface area contributed by atoms with E-state index in [0.29, 0.717) is 23.7 Å². The Labute approximate surface area is 217 Å². The summed E-state index contributed by atoms with van der Waals surface area (Å²) in [4.78, 5) is 40.9. The molecule has 4 aromatic rings. The summed E-state index contributed by atoms with van der Waals surface area (Å²) in [6.07, 6.45) is 3.14. The van der Waals surface area contributed by atoms with E-state index in [4.69, 9.17) is 17.0 Å². The second-order valence-electron chi connectivity index (χ2n) is 8.88. The van der Waals surface area contributed by atoms with Crippen molar-refractivity contribution in [3.63, 3.8) is 0 Å². The summed E-state index contributed by atoms with van der Waals surface area (Å²) in [5.41, 5.74) is 2.41. The zero-order valence-corrected chi connectivity index (χ0v) is 20.5. The fourth-order valence-electron chi connectivity index (χ4n) is 4.82. The summed E-state index contributed by atoms with van der Waals surface area (Å²) >= 11 is 5.32. The average Bonchev–Trinajstić information content (AvgIpc) is 2.90. The fourth-order valence-corrected chi connectivity index (χ4v) is 5.11. The van der Waals surface area contributed by atoms with Gasteiger partial charge in [-0.3, -0.25) is 24.6 Å². The molecular formula is C29H21N3O4S. The summed E-state index contributed by atoms with van der Waals surface area (Å²) in [6, 6.07) is 23.8. The van der Waals surface area contributed by atoms with Crippen LogP contribution in [0.4, 0.5) is 5.69 Å². The van der Waals surface area contributed by atoms with E-state index in [9.17, 15) is 14.4 Å². The molecule has 0 radical (unpaired) electrons. The maximum Gasteiger partial charge on any atom is 0.270 e. The van der Waals surface area contributed by atoms with Gasteiger partial charge in [0.2, 0.25) is 0 Å². The zero-order chi connectivity index (χ0) is 25.5. The molecule has 2 aliphatic rings. The van der Waals surface area contributed by atoms with Gasteiger partial charge in [0, 0.05) is 12.1 Å². The molecule has 6 rings (SSSR count). The second-order valence-corrected chi connectivity index (χ2v) is 9.27. The van der Waals surface area contributed by atoms with Crippen molar-refractivity contribution in [3.05, 3.63) is 106 Å². The number of benzene rings is 3. The van der Waals surface area contributed by atoms with Crippen molar-refractivity contribution in [3.8, 4) is 11.5 Å². The number of carbonyl (C=O) groups excluding carboxylic acids is 2. The van der Waals surface area contributed by atoms with Gasteiger partial charge in [0.05, 0.1) is 11.2 Å². The predicted octanol–water partition coefficient (Wildman–Crippen LogP) is 4.57. The summed E-state index contributed by atoms with van der Waals surface area (Å²) in [5, 5.41) is 3.45. The molecule has 7 nitrogen and oxygen atoms in total. The summed E-state index contributed by atoms with van der Waals surface area (Å²) in [5.74, 6) is 0.0346. The Morgan fingerprint density at radius 1 is 0.892 bits per heavy atom. The van der Waals surface area contributed by atoms with E-state index in [1.54, 1.807) is 34.9 Å². The van der Waals surface area contributed by atoms with Gasteiger partial charge in [-0.1, -0.05) is 36.4 Å². The Hall–Kier alpha value is -4.56. The molecule has 1 fully saturated rings. The van der Waals surface area contributed by atoms with Crippen molar-refractivity contribution in [1.82, 2.24) is 9.88 Å². The van der Waals surface area contributed by atoms with Gasteiger partial charge in [-0.15, -0.1) is 0 Å². The molecule has 1 N–H and O–H groups in total. The van der Waals surface area contributed by atoms with Crippen molar-refractivity contribution in [1.29, 1.82) is 0 Å². The standard InChI is InChI=1S/C29H21N3O4S/c33-26-24(17-20-16-19-7-4-6-18-8-5-15-31(25(18)19)27(20)34)28(35)32(29(37)30-26)21-11-13-23(14-12-21)36-22-9-2-1-3-10-22/h1-4,6-7,9-14,16-17H,5,8,15H2,(H,30,33,37)/b24-17+. The van der Waals surface area contributed by atoms with Crippen LogP contribution in [0.15, 0.2) is 89.2 Å². The van der Waals surface area contributed by atoms with E-state index in [0.717, 1.165) is 29.3 Å². The van der Waals surface area contributed by atoms with Crippen molar-refractivity contribution in [2.75, 3.05) is 4.90 Å². The molecular weight excluding hydrogens is 486 g/mol. The summed E-state index contributed by atoms with van der Waals surface area (Å²) in [7, 11) is 0. The van der Waals surface area contributed by atoms with Gasteiger partial charge in [-0.2, -0.15) is 0 Å². The Bertz CT molecular complexity index is 1670. The monoisotopic (exact) mass is 507 g/mol. The van der Waals surface area contributed by atoms with Gasteiger partial charge in [0.1, 0.15) is 17.1 Å². The number of ether oxygens (including phenoxy) is 1. The second kappa shape index (κ2) is 9.15. The molecule has 0 spiro atoms. The van der Waals surface area contributed by atoms with Crippen molar-refractivity contribution in [2.45, 2.75) is 19.4 Å². The minimum atomic E-state index is -0.637. The number of nitrogens with one attached hydrogen (secondary N) is 1. The smallest absolute Gasteiger partial charge is 0.270 e. The van der Waals surface area contributed by atoms with Crippen LogP contribution >= 0.6 is 12.2 Å². The Balaban J connectivity index is 1.35. The largest absolute Gasteiger partial charge is 0.457 e. The fraction of sp³-hybridized carbons (Fsp3) is 0.103. The number of nitrogens with zero attached hydrogens (tertiary/aromatic N) is 2. The van der Waals surface area contributed by atoms with Crippen LogP contribution < -0.4 is 20.5 Å². The first kappa shape index (κ1) is 22.9. The van der Waals surface area contributed by atoms with Crippen LogP contribution in [-0.4, -0.2) is 21.5 Å². The Morgan fingerprint density at radius 2 is 1.65 bits per heavy atom. The average molecular weight is 508 g/mol. The number of pyridine rings is 1. The van der Waals surface area contributed by atoms with E-state index in [1.807, 2.05) is 48.5 Å². The van der Waals surface area contributed by atoms with Gasteiger partial charge in [-0.25, -0.2) is 0 Å². The highest BCUT2D eigenvalue weighted by Crippen LogP contribution is 2.28. The van der Waals surface area contributed by atoms with Crippen molar-refractivity contribution in [2.24, 2.45) is 0 Å². The number of anilines is 1. The number of rotatable bonds is 4. The van der Waals surface area contributed by atoms with Gasteiger partial charge in [0.25, 0.3) is 17.4 Å². The van der Waals surface area contributed by atoms with Crippen LogP contribution in [0.25, 0.3) is 17.0 Å². The molecule has 0 aliphatic carbocycles. The minimum absolute atomic E-state index is 0.0288. The third-order valence-electron chi connectivity index (χ3n) is 6.53. The number of aromatic nitrogens is 1. The molecule has 0 unspecified atom stereocenters. The van der Waals surface area contributed by atoms with Crippen molar-refractivity contribution >= 4 is 51.8 Å². The third-order valence-corrected chi connectivity index (χ3v) is 6.81. The highest BCUT2D eigenvalue weighted by atomic mass is 32.1. The highest BCUT2D eigenvalue weighted by molar-refractivity contribution is 7.80.